The third kappa shape index (κ3) is 4.57. The molecule has 236 valence electrons. The summed E-state index contributed by atoms with van der Waals surface area (Å²) in [6.07, 6.45) is 1.83. The molecule has 9 aromatic rings. The Balaban J connectivity index is 1.13. The molecule has 0 saturated carbocycles. The number of fused-ring (bicyclic) bond motifs is 6. The van der Waals surface area contributed by atoms with Crippen LogP contribution in [0, 0.1) is 0 Å². The number of para-hydroxylation sites is 3. The zero-order chi connectivity index (χ0) is 33.0. The van der Waals surface area contributed by atoms with Gasteiger partial charge in [0.15, 0.2) is 0 Å². The average Bonchev–Trinajstić information content (AvgIpc) is 3.71. The van der Waals surface area contributed by atoms with Gasteiger partial charge < -0.3 is 14.5 Å². The quantitative estimate of drug-likeness (QED) is 0.200. The van der Waals surface area contributed by atoms with Gasteiger partial charge in [-0.3, -0.25) is 0 Å². The molecule has 1 unspecified atom stereocenters. The van der Waals surface area contributed by atoms with E-state index in [2.05, 4.69) is 190 Å². The zero-order valence-electron chi connectivity index (χ0n) is 27.2. The fraction of sp³-hybridized carbons (Fsp3) is 0.0217. The van der Waals surface area contributed by atoms with E-state index in [1.54, 1.807) is 0 Å². The number of aliphatic imine (C=N–C) groups is 1. The Morgan fingerprint density at radius 1 is 0.420 bits per heavy atom. The highest BCUT2D eigenvalue weighted by Gasteiger charge is 2.23. The fourth-order valence-electron chi connectivity index (χ4n) is 7.65. The van der Waals surface area contributed by atoms with Gasteiger partial charge in [-0.1, -0.05) is 127 Å². The first-order valence-electron chi connectivity index (χ1n) is 17.1. The molecule has 0 spiro atoms. The topological polar surface area (TPSA) is 34.2 Å². The molecule has 0 aliphatic carbocycles. The predicted molar refractivity (Wildman–Crippen MR) is 209 cm³/mol. The van der Waals surface area contributed by atoms with Crippen LogP contribution in [-0.4, -0.2) is 14.8 Å². The number of allylic oxidation sites excluding steroid dienone is 1. The Bertz CT molecular complexity index is 2770. The van der Waals surface area contributed by atoms with E-state index in [9.17, 15) is 0 Å². The van der Waals surface area contributed by atoms with Crippen molar-refractivity contribution in [2.45, 2.75) is 6.29 Å². The third-order valence-corrected chi connectivity index (χ3v) is 9.96. The van der Waals surface area contributed by atoms with E-state index in [0.717, 1.165) is 33.6 Å². The second-order valence-corrected chi connectivity index (χ2v) is 12.9. The summed E-state index contributed by atoms with van der Waals surface area (Å²) >= 11 is 0. The molecule has 3 heterocycles. The SMILES string of the molecule is C1=C(c2ccccc2)NC(n2c3ccccc3c3cc(-c4ccc5c(c4)c4ccccc4n5-c4ccccc4)ccc32)N=C1c1ccccc1. The lowest BCUT2D eigenvalue weighted by Gasteiger charge is -2.27. The Kier molecular flexibility index (Phi) is 6.53. The van der Waals surface area contributed by atoms with Crippen LogP contribution in [0.5, 0.6) is 0 Å². The lowest BCUT2D eigenvalue weighted by molar-refractivity contribution is 0.508. The lowest BCUT2D eigenvalue weighted by Crippen LogP contribution is -2.29. The van der Waals surface area contributed by atoms with Crippen molar-refractivity contribution in [2.24, 2.45) is 4.99 Å². The molecule has 4 heteroatoms. The van der Waals surface area contributed by atoms with Crippen LogP contribution in [0.3, 0.4) is 0 Å². The lowest BCUT2D eigenvalue weighted by atomic mass is 10.0. The highest BCUT2D eigenvalue weighted by molar-refractivity contribution is 6.14. The van der Waals surface area contributed by atoms with E-state index in [-0.39, 0.29) is 6.29 Å². The molecule has 4 nitrogen and oxygen atoms in total. The van der Waals surface area contributed by atoms with Crippen LogP contribution in [0.4, 0.5) is 0 Å². The number of rotatable bonds is 5. The fourth-order valence-corrected chi connectivity index (χ4v) is 7.65. The monoisotopic (exact) mass is 640 g/mol. The van der Waals surface area contributed by atoms with Crippen molar-refractivity contribution in [2.75, 3.05) is 0 Å². The summed E-state index contributed by atoms with van der Waals surface area (Å²) in [6.45, 7) is 0. The summed E-state index contributed by atoms with van der Waals surface area (Å²) in [6, 6.07) is 62.8. The van der Waals surface area contributed by atoms with Crippen LogP contribution >= 0.6 is 0 Å². The summed E-state index contributed by atoms with van der Waals surface area (Å²) in [5.74, 6) is 0. The largest absolute Gasteiger partial charge is 0.346 e. The molecular formula is C46H32N4. The number of hydrogen-bond donors (Lipinski definition) is 1. The smallest absolute Gasteiger partial charge is 0.201 e. The first kappa shape index (κ1) is 28.4. The van der Waals surface area contributed by atoms with Gasteiger partial charge in [-0.05, 0) is 76.9 Å². The van der Waals surface area contributed by atoms with E-state index in [1.165, 1.54) is 49.4 Å². The second-order valence-electron chi connectivity index (χ2n) is 12.9. The molecule has 0 saturated heterocycles. The summed E-state index contributed by atoms with van der Waals surface area (Å²) in [4.78, 5) is 5.33. The average molecular weight is 641 g/mol. The van der Waals surface area contributed by atoms with Crippen molar-refractivity contribution in [3.05, 3.63) is 193 Å². The van der Waals surface area contributed by atoms with E-state index in [1.807, 2.05) is 6.07 Å². The molecule has 0 radical (unpaired) electrons. The summed E-state index contributed by atoms with van der Waals surface area (Å²) in [5, 5.41) is 8.71. The maximum Gasteiger partial charge on any atom is 0.201 e. The molecule has 0 amide bonds. The van der Waals surface area contributed by atoms with Gasteiger partial charge in [0.05, 0.1) is 27.8 Å². The number of aromatic nitrogens is 2. The molecule has 1 atom stereocenters. The van der Waals surface area contributed by atoms with Gasteiger partial charge in [0.2, 0.25) is 6.29 Å². The molecule has 0 fully saturated rings. The van der Waals surface area contributed by atoms with Crippen molar-refractivity contribution < 1.29 is 0 Å². The van der Waals surface area contributed by atoms with Gasteiger partial charge in [-0.15, -0.1) is 0 Å². The van der Waals surface area contributed by atoms with Crippen LogP contribution in [0.1, 0.15) is 17.4 Å². The molecule has 50 heavy (non-hydrogen) atoms. The van der Waals surface area contributed by atoms with Crippen molar-refractivity contribution in [1.29, 1.82) is 0 Å². The van der Waals surface area contributed by atoms with Crippen LogP contribution in [-0.2, 0) is 0 Å². The second kappa shape index (κ2) is 11.5. The molecule has 1 aliphatic heterocycles. The third-order valence-electron chi connectivity index (χ3n) is 9.96. The molecule has 7 aromatic carbocycles. The minimum atomic E-state index is -0.334. The first-order valence-corrected chi connectivity index (χ1v) is 17.1. The summed E-state index contributed by atoms with van der Waals surface area (Å²) < 4.78 is 4.72. The molecular weight excluding hydrogens is 609 g/mol. The van der Waals surface area contributed by atoms with E-state index >= 15 is 0 Å². The van der Waals surface area contributed by atoms with Crippen molar-refractivity contribution in [3.63, 3.8) is 0 Å². The number of nitrogens with one attached hydrogen (secondary N) is 1. The maximum atomic E-state index is 5.33. The predicted octanol–water partition coefficient (Wildman–Crippen LogP) is 11.1. The van der Waals surface area contributed by atoms with Gasteiger partial charge >= 0.3 is 0 Å². The van der Waals surface area contributed by atoms with Crippen molar-refractivity contribution in [3.8, 4) is 16.8 Å². The van der Waals surface area contributed by atoms with Crippen molar-refractivity contribution >= 4 is 55.0 Å². The van der Waals surface area contributed by atoms with Gasteiger partial charge in [0.1, 0.15) is 0 Å². The van der Waals surface area contributed by atoms with Crippen LogP contribution in [0.15, 0.2) is 187 Å². The molecule has 1 aliphatic rings. The Morgan fingerprint density at radius 2 is 0.920 bits per heavy atom. The molecule has 10 rings (SSSR count). The minimum Gasteiger partial charge on any atom is -0.346 e. The highest BCUT2D eigenvalue weighted by Crippen LogP contribution is 2.39. The van der Waals surface area contributed by atoms with E-state index < -0.39 is 0 Å². The van der Waals surface area contributed by atoms with Crippen molar-refractivity contribution in [1.82, 2.24) is 14.5 Å². The van der Waals surface area contributed by atoms with Gasteiger partial charge in [-0.2, -0.15) is 0 Å². The van der Waals surface area contributed by atoms with E-state index in [0.29, 0.717) is 0 Å². The van der Waals surface area contributed by atoms with Crippen LogP contribution < -0.4 is 5.32 Å². The van der Waals surface area contributed by atoms with Gasteiger partial charge in [-0.25, -0.2) is 4.99 Å². The summed E-state index contributed by atoms with van der Waals surface area (Å²) in [5.41, 5.74) is 12.5. The maximum absolute atomic E-state index is 5.33. The minimum absolute atomic E-state index is 0.334. The highest BCUT2D eigenvalue weighted by atomic mass is 15.3. The van der Waals surface area contributed by atoms with Gasteiger partial charge in [0.25, 0.3) is 0 Å². The standard InChI is InChI=1S/C46H32N4/c1-4-14-31(15-5-1)40-30-41(32-16-6-2-7-17-32)48-46(47-40)50-43-23-13-11-21-37(43)39-29-34(25-27-45(39)50)33-24-26-44-38(28-33)36-20-10-12-22-42(36)49(44)35-18-8-3-9-19-35/h1-30,46-47H. The molecule has 0 bridgehead atoms. The number of nitrogens with zero attached hydrogens (tertiary/aromatic N) is 3. The first-order chi connectivity index (χ1) is 24.8. The Morgan fingerprint density at radius 3 is 1.62 bits per heavy atom. The molecule has 2 aromatic heterocycles. The number of benzene rings is 7. The normalized spacial score (nSPS) is 14.6. The Labute approximate surface area is 289 Å². The Hall–Kier alpha value is -6.65. The summed E-state index contributed by atoms with van der Waals surface area (Å²) in [7, 11) is 0. The van der Waals surface area contributed by atoms with Gasteiger partial charge in [0, 0.05) is 32.9 Å². The van der Waals surface area contributed by atoms with Crippen LogP contribution in [0.25, 0.3) is 66.1 Å². The zero-order valence-corrected chi connectivity index (χ0v) is 27.2. The van der Waals surface area contributed by atoms with E-state index in [4.69, 9.17) is 4.99 Å². The molecule has 1 N–H and O–H groups in total. The van der Waals surface area contributed by atoms with Crippen LogP contribution in [0.2, 0.25) is 0 Å². The number of hydrogen-bond acceptors (Lipinski definition) is 2.